The number of likely N-dealkylation sites (N-methyl/N-ethyl adjacent to an activating group) is 1. The molecule has 1 amide bonds. The smallest absolute Gasteiger partial charge is 0.226 e. The first-order valence-electron chi connectivity index (χ1n) is 7.63. The molecular weight excluding hydrogens is 240 g/mol. The zero-order valence-corrected chi connectivity index (χ0v) is 12.9. The van der Waals surface area contributed by atoms with Crippen molar-refractivity contribution in [3.63, 3.8) is 0 Å². The number of carbonyl (C=O) groups excluding carboxylic acids is 1. The van der Waals surface area contributed by atoms with Gasteiger partial charge in [0.2, 0.25) is 5.91 Å². The molecule has 4 nitrogen and oxygen atoms in total. The van der Waals surface area contributed by atoms with Crippen LogP contribution < -0.4 is 5.73 Å². The minimum atomic E-state index is 0.0905. The van der Waals surface area contributed by atoms with Crippen molar-refractivity contribution in [2.24, 2.45) is 23.5 Å². The third-order valence-corrected chi connectivity index (χ3v) is 4.41. The van der Waals surface area contributed by atoms with Crippen molar-refractivity contribution >= 4 is 5.91 Å². The molecule has 0 heterocycles. The SMILES string of the molecule is CCOCCN(CC)C(=O)C1CC(N)C(C)CC1C. The van der Waals surface area contributed by atoms with E-state index in [1.807, 2.05) is 18.7 Å². The van der Waals surface area contributed by atoms with Gasteiger partial charge in [0.1, 0.15) is 0 Å². The van der Waals surface area contributed by atoms with Gasteiger partial charge in [-0.15, -0.1) is 0 Å². The Morgan fingerprint density at radius 1 is 1.26 bits per heavy atom. The molecular formula is C15H30N2O2. The number of carbonyl (C=O) groups is 1. The maximum absolute atomic E-state index is 12.6. The summed E-state index contributed by atoms with van der Waals surface area (Å²) in [6, 6.07) is 0.163. The highest BCUT2D eigenvalue weighted by molar-refractivity contribution is 5.79. The third-order valence-electron chi connectivity index (χ3n) is 4.41. The van der Waals surface area contributed by atoms with Crippen molar-refractivity contribution in [2.75, 3.05) is 26.3 Å². The van der Waals surface area contributed by atoms with Crippen molar-refractivity contribution in [3.8, 4) is 0 Å². The molecule has 0 aromatic heterocycles. The fourth-order valence-electron chi connectivity index (χ4n) is 3.01. The summed E-state index contributed by atoms with van der Waals surface area (Å²) in [5.41, 5.74) is 6.14. The predicted octanol–water partition coefficient (Wildman–Crippen LogP) is 1.88. The van der Waals surface area contributed by atoms with Gasteiger partial charge in [-0.1, -0.05) is 13.8 Å². The van der Waals surface area contributed by atoms with E-state index >= 15 is 0 Å². The quantitative estimate of drug-likeness (QED) is 0.750. The molecule has 1 fully saturated rings. The lowest BCUT2D eigenvalue weighted by Gasteiger charge is -2.38. The van der Waals surface area contributed by atoms with E-state index < -0.39 is 0 Å². The fourth-order valence-corrected chi connectivity index (χ4v) is 3.01. The van der Waals surface area contributed by atoms with Gasteiger partial charge < -0.3 is 15.4 Å². The molecule has 19 heavy (non-hydrogen) atoms. The monoisotopic (exact) mass is 270 g/mol. The van der Waals surface area contributed by atoms with Crippen LogP contribution in [0.2, 0.25) is 0 Å². The third kappa shape index (κ3) is 4.46. The molecule has 4 heteroatoms. The maximum atomic E-state index is 12.6. The minimum absolute atomic E-state index is 0.0905. The molecule has 0 aliphatic heterocycles. The Balaban J connectivity index is 2.58. The number of nitrogens with two attached hydrogens (primary N) is 1. The number of amides is 1. The lowest BCUT2D eigenvalue weighted by Crippen LogP contribution is -2.47. The summed E-state index contributed by atoms with van der Waals surface area (Å²) in [6.07, 6.45) is 1.88. The molecule has 0 aromatic rings. The molecule has 1 aliphatic carbocycles. The Labute approximate surface area is 117 Å². The lowest BCUT2D eigenvalue weighted by molar-refractivity contribution is -0.139. The van der Waals surface area contributed by atoms with Crippen LogP contribution in [0.4, 0.5) is 0 Å². The molecule has 1 rings (SSSR count). The zero-order chi connectivity index (χ0) is 14.4. The fraction of sp³-hybridized carbons (Fsp3) is 0.933. The van der Waals surface area contributed by atoms with Crippen molar-refractivity contribution in [3.05, 3.63) is 0 Å². The summed E-state index contributed by atoms with van der Waals surface area (Å²) in [7, 11) is 0. The molecule has 112 valence electrons. The van der Waals surface area contributed by atoms with Gasteiger partial charge in [-0.2, -0.15) is 0 Å². The minimum Gasteiger partial charge on any atom is -0.380 e. The van der Waals surface area contributed by atoms with Crippen molar-refractivity contribution in [1.82, 2.24) is 4.90 Å². The van der Waals surface area contributed by atoms with Crippen LogP contribution in [0.15, 0.2) is 0 Å². The molecule has 0 spiro atoms. The van der Waals surface area contributed by atoms with Crippen molar-refractivity contribution in [2.45, 2.75) is 46.6 Å². The number of hydrogen-bond donors (Lipinski definition) is 1. The van der Waals surface area contributed by atoms with Crippen LogP contribution >= 0.6 is 0 Å². The lowest BCUT2D eigenvalue weighted by atomic mass is 9.72. The normalized spacial score (nSPS) is 31.2. The first-order chi connectivity index (χ1) is 9.01. The second kappa shape index (κ2) is 7.85. The van der Waals surface area contributed by atoms with E-state index in [0.717, 1.165) is 19.4 Å². The summed E-state index contributed by atoms with van der Waals surface area (Å²) < 4.78 is 5.35. The number of ether oxygens (including phenoxy) is 1. The molecule has 0 saturated heterocycles. The highest BCUT2D eigenvalue weighted by Gasteiger charge is 2.36. The van der Waals surface area contributed by atoms with Crippen LogP contribution in [0.3, 0.4) is 0 Å². The summed E-state index contributed by atoms with van der Waals surface area (Å²) in [5.74, 6) is 1.31. The molecule has 0 bridgehead atoms. The van der Waals surface area contributed by atoms with Crippen molar-refractivity contribution < 1.29 is 9.53 Å². The molecule has 4 unspecified atom stereocenters. The Morgan fingerprint density at radius 2 is 1.95 bits per heavy atom. The number of hydrogen-bond acceptors (Lipinski definition) is 3. The van der Waals surface area contributed by atoms with E-state index in [2.05, 4.69) is 13.8 Å². The Kier molecular flexibility index (Phi) is 6.80. The second-order valence-electron chi connectivity index (χ2n) is 5.81. The van der Waals surface area contributed by atoms with E-state index in [9.17, 15) is 4.79 Å². The summed E-state index contributed by atoms with van der Waals surface area (Å²) in [6.45, 7) is 11.1. The van der Waals surface area contributed by atoms with Crippen LogP contribution in [0.1, 0.15) is 40.5 Å². The van der Waals surface area contributed by atoms with Gasteiger partial charge in [0, 0.05) is 31.7 Å². The zero-order valence-electron chi connectivity index (χ0n) is 12.9. The predicted molar refractivity (Wildman–Crippen MR) is 77.8 cm³/mol. The van der Waals surface area contributed by atoms with Gasteiger partial charge in [-0.3, -0.25) is 4.79 Å². The van der Waals surface area contributed by atoms with Crippen LogP contribution in [0, 0.1) is 17.8 Å². The largest absolute Gasteiger partial charge is 0.380 e. The molecule has 4 atom stereocenters. The maximum Gasteiger partial charge on any atom is 0.226 e. The topological polar surface area (TPSA) is 55.6 Å². The van der Waals surface area contributed by atoms with E-state index in [1.165, 1.54) is 0 Å². The van der Waals surface area contributed by atoms with Gasteiger partial charge in [-0.25, -0.2) is 0 Å². The Morgan fingerprint density at radius 3 is 2.53 bits per heavy atom. The van der Waals surface area contributed by atoms with Crippen LogP contribution in [-0.4, -0.2) is 43.2 Å². The molecule has 2 N–H and O–H groups in total. The molecule has 1 aliphatic rings. The average molecular weight is 270 g/mol. The van der Waals surface area contributed by atoms with E-state index in [1.54, 1.807) is 0 Å². The van der Waals surface area contributed by atoms with Gasteiger partial charge in [0.25, 0.3) is 0 Å². The van der Waals surface area contributed by atoms with E-state index in [-0.39, 0.29) is 17.9 Å². The second-order valence-corrected chi connectivity index (χ2v) is 5.81. The highest BCUT2D eigenvalue weighted by Crippen LogP contribution is 2.33. The van der Waals surface area contributed by atoms with E-state index in [0.29, 0.717) is 31.6 Å². The molecule has 0 aromatic carbocycles. The van der Waals surface area contributed by atoms with Gasteiger partial charge >= 0.3 is 0 Å². The molecule has 1 saturated carbocycles. The summed E-state index contributed by atoms with van der Waals surface area (Å²) in [4.78, 5) is 14.5. The Bertz CT molecular complexity index is 283. The van der Waals surface area contributed by atoms with Gasteiger partial charge in [0.15, 0.2) is 0 Å². The number of nitrogens with zero attached hydrogens (tertiary/aromatic N) is 1. The summed E-state index contributed by atoms with van der Waals surface area (Å²) in [5, 5.41) is 0. The molecule has 0 radical (unpaired) electrons. The van der Waals surface area contributed by atoms with Crippen LogP contribution in [-0.2, 0) is 9.53 Å². The number of rotatable bonds is 6. The summed E-state index contributed by atoms with van der Waals surface area (Å²) >= 11 is 0. The first kappa shape index (κ1) is 16.4. The first-order valence-corrected chi connectivity index (χ1v) is 7.63. The van der Waals surface area contributed by atoms with Crippen LogP contribution in [0.5, 0.6) is 0 Å². The van der Waals surface area contributed by atoms with Gasteiger partial charge in [0.05, 0.1) is 6.61 Å². The standard InChI is InChI=1S/C15H30N2O2/c1-5-17(7-8-19-6-2)15(18)13-10-14(16)12(4)9-11(13)3/h11-14H,5-10,16H2,1-4H3. The highest BCUT2D eigenvalue weighted by atomic mass is 16.5. The van der Waals surface area contributed by atoms with Crippen LogP contribution in [0.25, 0.3) is 0 Å². The van der Waals surface area contributed by atoms with E-state index in [4.69, 9.17) is 10.5 Å². The van der Waals surface area contributed by atoms with Crippen molar-refractivity contribution in [1.29, 1.82) is 0 Å². The Hall–Kier alpha value is -0.610. The van der Waals surface area contributed by atoms with Gasteiger partial charge in [-0.05, 0) is 38.5 Å². The average Bonchev–Trinajstić information content (AvgIpc) is 2.38.